The van der Waals surface area contributed by atoms with Crippen LogP contribution in [0.5, 0.6) is 0 Å². The first-order chi connectivity index (χ1) is 11.6. The number of aliphatic hydroxyl groups is 3. The van der Waals surface area contributed by atoms with Gasteiger partial charge in [-0.15, -0.1) is 0 Å². The summed E-state index contributed by atoms with van der Waals surface area (Å²) in [7, 11) is 0. The van der Waals surface area contributed by atoms with Crippen LogP contribution in [-0.2, 0) is 0 Å². The molecule has 24 heavy (non-hydrogen) atoms. The summed E-state index contributed by atoms with van der Waals surface area (Å²) in [6.07, 6.45) is 18.1. The van der Waals surface area contributed by atoms with Crippen molar-refractivity contribution in [3.8, 4) is 0 Å². The number of hydrogen-bond acceptors (Lipinski definition) is 4. The molecule has 4 nitrogen and oxygen atoms in total. The van der Waals surface area contributed by atoms with Gasteiger partial charge in [0.2, 0.25) is 0 Å². The number of unbranched alkanes of at least 4 members (excludes halogenated alkanes) is 10. The van der Waals surface area contributed by atoms with Crippen molar-refractivity contribution in [1.29, 1.82) is 0 Å². The molecule has 0 aromatic heterocycles. The first kappa shape index (κ1) is 23.6. The van der Waals surface area contributed by atoms with Gasteiger partial charge in [-0.05, 0) is 32.1 Å². The van der Waals surface area contributed by atoms with Crippen LogP contribution in [-0.4, -0.2) is 40.2 Å². The summed E-state index contributed by atoms with van der Waals surface area (Å²) in [4.78, 5) is 0. The Morgan fingerprint density at radius 2 is 1.29 bits per heavy atom. The van der Waals surface area contributed by atoms with Crippen molar-refractivity contribution >= 4 is 0 Å². The molecule has 0 aliphatic heterocycles. The molecule has 0 amide bonds. The predicted octanol–water partition coefficient (Wildman–Crippen LogP) is 3.68. The summed E-state index contributed by atoms with van der Waals surface area (Å²) in [5.74, 6) is 0. The van der Waals surface area contributed by atoms with Crippen molar-refractivity contribution in [3.05, 3.63) is 12.2 Å². The van der Waals surface area contributed by atoms with E-state index in [1.54, 1.807) is 0 Å². The van der Waals surface area contributed by atoms with Crippen molar-refractivity contribution in [2.45, 2.75) is 109 Å². The molecule has 144 valence electrons. The molecule has 0 saturated carbocycles. The van der Waals surface area contributed by atoms with Gasteiger partial charge in [0, 0.05) is 0 Å². The van der Waals surface area contributed by atoms with E-state index >= 15 is 0 Å². The average Bonchev–Trinajstić information content (AvgIpc) is 2.60. The lowest BCUT2D eigenvalue weighted by molar-refractivity contribution is -0.0121. The minimum Gasteiger partial charge on any atom is -0.395 e. The Bertz CT molecular complexity index is 284. The maximum atomic E-state index is 9.76. The molecule has 0 unspecified atom stereocenters. The van der Waals surface area contributed by atoms with E-state index in [0.717, 1.165) is 25.7 Å². The standard InChI is InChI=1S/C20H41NO3/c1-2-3-4-5-6-7-8-9-10-11-12-13-14-15-16-19(23)20(24)18(21)17-22/h9-10,18-20,22-24H,2-8,11-17,21H2,1H3/b10-9-/t18-,19+,20-/m0/s1. The van der Waals surface area contributed by atoms with Gasteiger partial charge in [0.25, 0.3) is 0 Å². The Morgan fingerprint density at radius 3 is 1.83 bits per heavy atom. The summed E-state index contributed by atoms with van der Waals surface area (Å²) in [6.45, 7) is 1.95. The Hall–Kier alpha value is -0.420. The maximum absolute atomic E-state index is 9.76. The van der Waals surface area contributed by atoms with E-state index in [1.165, 1.54) is 51.4 Å². The van der Waals surface area contributed by atoms with E-state index in [4.69, 9.17) is 10.8 Å². The van der Waals surface area contributed by atoms with Gasteiger partial charge in [-0.3, -0.25) is 0 Å². The van der Waals surface area contributed by atoms with Crippen LogP contribution in [0.2, 0.25) is 0 Å². The highest BCUT2D eigenvalue weighted by Gasteiger charge is 2.21. The van der Waals surface area contributed by atoms with E-state index in [1.807, 2.05) is 0 Å². The first-order valence-electron chi connectivity index (χ1n) is 10.0. The molecular formula is C20H41NO3. The smallest absolute Gasteiger partial charge is 0.0971 e. The number of aliphatic hydroxyl groups excluding tert-OH is 3. The molecule has 0 aliphatic carbocycles. The van der Waals surface area contributed by atoms with Gasteiger partial charge < -0.3 is 21.1 Å². The van der Waals surface area contributed by atoms with Crippen LogP contribution in [0.15, 0.2) is 12.2 Å². The molecule has 0 radical (unpaired) electrons. The number of rotatable bonds is 17. The second kappa shape index (κ2) is 17.4. The van der Waals surface area contributed by atoms with Gasteiger partial charge >= 0.3 is 0 Å². The molecule has 0 aromatic carbocycles. The first-order valence-corrected chi connectivity index (χ1v) is 10.0. The minimum absolute atomic E-state index is 0.302. The second-order valence-corrected chi connectivity index (χ2v) is 6.92. The maximum Gasteiger partial charge on any atom is 0.0971 e. The fraction of sp³-hybridized carbons (Fsp3) is 0.900. The van der Waals surface area contributed by atoms with Gasteiger partial charge in [0.1, 0.15) is 0 Å². The van der Waals surface area contributed by atoms with Crippen LogP contribution in [0, 0.1) is 0 Å². The molecule has 0 fully saturated rings. The van der Waals surface area contributed by atoms with Crippen molar-refractivity contribution in [2.24, 2.45) is 5.73 Å². The zero-order valence-corrected chi connectivity index (χ0v) is 15.7. The quantitative estimate of drug-likeness (QED) is 0.240. The molecule has 5 N–H and O–H groups in total. The fourth-order valence-electron chi connectivity index (χ4n) is 2.81. The van der Waals surface area contributed by atoms with E-state index in [-0.39, 0.29) is 6.61 Å². The normalized spacial score (nSPS) is 15.7. The summed E-state index contributed by atoms with van der Waals surface area (Å²) >= 11 is 0. The van der Waals surface area contributed by atoms with Crippen molar-refractivity contribution in [2.75, 3.05) is 6.61 Å². The molecule has 0 bridgehead atoms. The molecule has 0 aromatic rings. The number of hydrogen-bond donors (Lipinski definition) is 4. The largest absolute Gasteiger partial charge is 0.395 e. The van der Waals surface area contributed by atoms with E-state index < -0.39 is 18.2 Å². The molecule has 0 spiro atoms. The zero-order valence-electron chi connectivity index (χ0n) is 15.7. The molecule has 0 aliphatic rings. The van der Waals surface area contributed by atoms with Crippen LogP contribution in [0.25, 0.3) is 0 Å². The number of nitrogens with two attached hydrogens (primary N) is 1. The third kappa shape index (κ3) is 14.0. The van der Waals surface area contributed by atoms with Gasteiger partial charge in [-0.1, -0.05) is 70.4 Å². The Labute approximate surface area is 149 Å². The lowest BCUT2D eigenvalue weighted by Crippen LogP contribution is -2.45. The Morgan fingerprint density at radius 1 is 0.792 bits per heavy atom. The molecule has 3 atom stereocenters. The van der Waals surface area contributed by atoms with Crippen LogP contribution in [0.3, 0.4) is 0 Å². The molecular weight excluding hydrogens is 302 g/mol. The molecule has 0 heterocycles. The number of allylic oxidation sites excluding steroid dienone is 2. The highest BCUT2D eigenvalue weighted by molar-refractivity contribution is 4.81. The SMILES string of the molecule is CCCCCCCC/C=C\CCCCCC[C@@H](O)[C@@H](O)[C@@H](N)CO. The highest BCUT2D eigenvalue weighted by Crippen LogP contribution is 2.12. The third-order valence-corrected chi connectivity index (χ3v) is 4.56. The van der Waals surface area contributed by atoms with Gasteiger partial charge in [0.15, 0.2) is 0 Å². The van der Waals surface area contributed by atoms with Crippen LogP contribution >= 0.6 is 0 Å². The Balaban J connectivity index is 3.34. The molecule has 4 heteroatoms. The summed E-state index contributed by atoms with van der Waals surface area (Å²) in [5, 5.41) is 28.3. The van der Waals surface area contributed by atoms with E-state index in [2.05, 4.69) is 19.1 Å². The average molecular weight is 344 g/mol. The van der Waals surface area contributed by atoms with Crippen molar-refractivity contribution in [1.82, 2.24) is 0 Å². The van der Waals surface area contributed by atoms with Crippen molar-refractivity contribution < 1.29 is 15.3 Å². The molecule has 0 saturated heterocycles. The zero-order chi connectivity index (χ0) is 18.0. The lowest BCUT2D eigenvalue weighted by Gasteiger charge is -2.22. The van der Waals surface area contributed by atoms with Gasteiger partial charge in [-0.25, -0.2) is 0 Å². The highest BCUT2D eigenvalue weighted by atomic mass is 16.3. The van der Waals surface area contributed by atoms with Crippen LogP contribution in [0.4, 0.5) is 0 Å². The minimum atomic E-state index is -1.03. The summed E-state index contributed by atoms with van der Waals surface area (Å²) < 4.78 is 0. The van der Waals surface area contributed by atoms with Gasteiger partial charge in [0.05, 0.1) is 24.9 Å². The summed E-state index contributed by atoms with van der Waals surface area (Å²) in [6, 6.07) is -0.753. The van der Waals surface area contributed by atoms with Crippen molar-refractivity contribution in [3.63, 3.8) is 0 Å². The van der Waals surface area contributed by atoms with Crippen LogP contribution in [0.1, 0.15) is 90.4 Å². The van der Waals surface area contributed by atoms with Gasteiger partial charge in [-0.2, -0.15) is 0 Å². The molecule has 0 rings (SSSR count). The summed E-state index contributed by atoms with van der Waals surface area (Å²) in [5.41, 5.74) is 5.50. The lowest BCUT2D eigenvalue weighted by atomic mass is 10.0. The topological polar surface area (TPSA) is 86.7 Å². The fourth-order valence-corrected chi connectivity index (χ4v) is 2.81. The Kier molecular flexibility index (Phi) is 17.1. The van der Waals surface area contributed by atoms with E-state index in [0.29, 0.717) is 6.42 Å². The van der Waals surface area contributed by atoms with Crippen LogP contribution < -0.4 is 5.73 Å². The van der Waals surface area contributed by atoms with E-state index in [9.17, 15) is 10.2 Å². The third-order valence-electron chi connectivity index (χ3n) is 4.56. The monoisotopic (exact) mass is 343 g/mol. The predicted molar refractivity (Wildman–Crippen MR) is 102 cm³/mol. The second-order valence-electron chi connectivity index (χ2n) is 6.92.